The third-order valence-electron chi connectivity index (χ3n) is 5.00. The summed E-state index contributed by atoms with van der Waals surface area (Å²) in [6, 6.07) is 2.08. The lowest BCUT2D eigenvalue weighted by atomic mass is 9.91. The first-order valence-electron chi connectivity index (χ1n) is 9.55. The van der Waals surface area contributed by atoms with Crippen molar-refractivity contribution in [1.82, 2.24) is 19.7 Å². The summed E-state index contributed by atoms with van der Waals surface area (Å²) in [6.45, 7) is 12.0. The molecule has 6 heteroatoms. The molecule has 26 heavy (non-hydrogen) atoms. The van der Waals surface area contributed by atoms with Gasteiger partial charge in [-0.2, -0.15) is 5.10 Å². The number of hydrogen-bond acceptors (Lipinski definition) is 5. The maximum Gasteiger partial charge on any atom is 0.136 e. The van der Waals surface area contributed by atoms with Gasteiger partial charge < -0.3 is 9.64 Å². The molecule has 0 N–H and O–H groups in total. The second kappa shape index (κ2) is 7.74. The molecule has 1 aliphatic rings. The number of nitrogens with zero attached hydrogens (tertiary/aromatic N) is 5. The second-order valence-corrected chi connectivity index (χ2v) is 8.11. The van der Waals surface area contributed by atoms with Gasteiger partial charge >= 0.3 is 0 Å². The van der Waals surface area contributed by atoms with Crippen molar-refractivity contribution in [2.24, 2.45) is 0 Å². The summed E-state index contributed by atoms with van der Waals surface area (Å²) in [5, 5.41) is 4.43. The van der Waals surface area contributed by atoms with Gasteiger partial charge in [0.2, 0.25) is 0 Å². The van der Waals surface area contributed by atoms with Crippen LogP contribution in [0.5, 0.6) is 0 Å². The van der Waals surface area contributed by atoms with Crippen molar-refractivity contribution in [3.8, 4) is 0 Å². The smallest absolute Gasteiger partial charge is 0.136 e. The summed E-state index contributed by atoms with van der Waals surface area (Å²) in [4.78, 5) is 11.9. The maximum atomic E-state index is 5.31. The van der Waals surface area contributed by atoms with E-state index in [2.05, 4.69) is 50.0 Å². The monoisotopic (exact) mass is 357 g/mol. The molecule has 0 radical (unpaired) electrons. The van der Waals surface area contributed by atoms with Crippen LogP contribution in [-0.4, -0.2) is 39.9 Å². The largest absolute Gasteiger partial charge is 0.378 e. The zero-order valence-corrected chi connectivity index (χ0v) is 16.7. The van der Waals surface area contributed by atoms with E-state index in [-0.39, 0.29) is 5.41 Å². The van der Waals surface area contributed by atoms with E-state index in [1.54, 1.807) is 7.11 Å². The average Bonchev–Trinajstić information content (AvgIpc) is 3.10. The number of aromatic nitrogens is 4. The standard InChI is InChI=1S/C20H31N5O/c1-6-25-13-16(12-21-25)15-7-9-24(10-8-15)18-11-17(14-26-5)22-19(23-18)20(2,3)4/h11-13,15H,6-10,14H2,1-5H3. The van der Waals surface area contributed by atoms with E-state index in [0.717, 1.165) is 49.8 Å². The Labute approximate surface area is 156 Å². The highest BCUT2D eigenvalue weighted by molar-refractivity contribution is 5.41. The Hall–Kier alpha value is -1.95. The van der Waals surface area contributed by atoms with E-state index in [1.165, 1.54) is 5.56 Å². The number of methoxy groups -OCH3 is 1. The van der Waals surface area contributed by atoms with Crippen LogP contribution in [0, 0.1) is 0 Å². The number of hydrogen-bond donors (Lipinski definition) is 0. The van der Waals surface area contributed by atoms with E-state index >= 15 is 0 Å². The minimum Gasteiger partial charge on any atom is -0.378 e. The van der Waals surface area contributed by atoms with Gasteiger partial charge in [-0.15, -0.1) is 0 Å². The van der Waals surface area contributed by atoms with Crippen molar-refractivity contribution in [2.45, 2.75) is 65.0 Å². The average molecular weight is 358 g/mol. The summed E-state index contributed by atoms with van der Waals surface area (Å²) in [5.74, 6) is 2.50. The van der Waals surface area contributed by atoms with Crippen LogP contribution in [0.15, 0.2) is 18.5 Å². The van der Waals surface area contributed by atoms with Crippen molar-refractivity contribution >= 4 is 5.82 Å². The van der Waals surface area contributed by atoms with E-state index in [1.807, 2.05) is 10.9 Å². The van der Waals surface area contributed by atoms with E-state index in [4.69, 9.17) is 14.7 Å². The van der Waals surface area contributed by atoms with Crippen molar-refractivity contribution in [2.75, 3.05) is 25.1 Å². The summed E-state index contributed by atoms with van der Waals surface area (Å²) in [7, 11) is 1.71. The van der Waals surface area contributed by atoms with Gasteiger partial charge in [0.05, 0.1) is 18.5 Å². The molecule has 1 saturated heterocycles. The van der Waals surface area contributed by atoms with Crippen LogP contribution in [0.2, 0.25) is 0 Å². The van der Waals surface area contributed by atoms with Crippen LogP contribution < -0.4 is 4.90 Å². The quantitative estimate of drug-likeness (QED) is 0.819. The molecule has 0 aromatic carbocycles. The van der Waals surface area contributed by atoms with E-state index in [9.17, 15) is 0 Å². The molecule has 3 heterocycles. The second-order valence-electron chi connectivity index (χ2n) is 8.11. The number of aryl methyl sites for hydroxylation is 1. The predicted molar refractivity (Wildman–Crippen MR) is 104 cm³/mol. The SMILES string of the molecule is CCn1cc(C2CCN(c3cc(COC)nc(C(C)(C)C)n3)CC2)cn1. The van der Waals surface area contributed by atoms with Gasteiger partial charge in [0.1, 0.15) is 11.6 Å². The van der Waals surface area contributed by atoms with Gasteiger partial charge in [0.15, 0.2) is 0 Å². The highest BCUT2D eigenvalue weighted by Gasteiger charge is 2.25. The molecule has 0 bridgehead atoms. The fourth-order valence-electron chi connectivity index (χ4n) is 3.41. The lowest BCUT2D eigenvalue weighted by molar-refractivity contribution is 0.181. The van der Waals surface area contributed by atoms with E-state index < -0.39 is 0 Å². The van der Waals surface area contributed by atoms with Gasteiger partial charge in [-0.25, -0.2) is 9.97 Å². The molecule has 0 amide bonds. The Bertz CT molecular complexity index is 726. The Balaban J connectivity index is 1.74. The summed E-state index contributed by atoms with van der Waals surface area (Å²) >= 11 is 0. The molecule has 0 atom stereocenters. The van der Waals surface area contributed by atoms with Crippen molar-refractivity contribution in [3.63, 3.8) is 0 Å². The van der Waals surface area contributed by atoms with Crippen LogP contribution >= 0.6 is 0 Å². The minimum atomic E-state index is -0.0778. The van der Waals surface area contributed by atoms with Crippen LogP contribution in [0.25, 0.3) is 0 Å². The van der Waals surface area contributed by atoms with Gasteiger partial charge in [-0.1, -0.05) is 20.8 Å². The molecular formula is C20H31N5O. The molecule has 0 saturated carbocycles. The lowest BCUT2D eigenvalue weighted by Gasteiger charge is -2.33. The molecule has 3 rings (SSSR count). The van der Waals surface area contributed by atoms with Crippen LogP contribution in [-0.2, 0) is 23.3 Å². The van der Waals surface area contributed by atoms with Gasteiger partial charge in [0.25, 0.3) is 0 Å². The third kappa shape index (κ3) is 4.23. The number of anilines is 1. The van der Waals surface area contributed by atoms with Crippen molar-refractivity contribution in [1.29, 1.82) is 0 Å². The molecule has 0 aliphatic carbocycles. The lowest BCUT2D eigenvalue weighted by Crippen LogP contribution is -2.34. The first kappa shape index (κ1) is 18.8. The normalized spacial score (nSPS) is 16.3. The maximum absolute atomic E-state index is 5.31. The zero-order valence-electron chi connectivity index (χ0n) is 16.7. The number of rotatable bonds is 5. The first-order chi connectivity index (χ1) is 12.4. The van der Waals surface area contributed by atoms with Crippen LogP contribution in [0.1, 0.15) is 63.5 Å². The molecule has 142 valence electrons. The van der Waals surface area contributed by atoms with Gasteiger partial charge in [0, 0.05) is 44.4 Å². The zero-order chi connectivity index (χ0) is 18.7. The Morgan fingerprint density at radius 2 is 1.92 bits per heavy atom. The Kier molecular flexibility index (Phi) is 5.61. The minimum absolute atomic E-state index is 0.0778. The highest BCUT2D eigenvalue weighted by atomic mass is 16.5. The fourth-order valence-corrected chi connectivity index (χ4v) is 3.41. The molecule has 1 fully saturated rings. The first-order valence-corrected chi connectivity index (χ1v) is 9.55. The fraction of sp³-hybridized carbons (Fsp3) is 0.650. The summed E-state index contributed by atoms with van der Waals surface area (Å²) < 4.78 is 7.32. The molecular weight excluding hydrogens is 326 g/mol. The molecule has 1 aliphatic heterocycles. The Morgan fingerprint density at radius 3 is 2.50 bits per heavy atom. The third-order valence-corrected chi connectivity index (χ3v) is 5.00. The Morgan fingerprint density at radius 1 is 1.19 bits per heavy atom. The van der Waals surface area contributed by atoms with Crippen molar-refractivity contribution in [3.05, 3.63) is 35.5 Å². The molecule has 2 aromatic heterocycles. The van der Waals surface area contributed by atoms with Crippen molar-refractivity contribution < 1.29 is 4.74 Å². The highest BCUT2D eigenvalue weighted by Crippen LogP contribution is 2.31. The predicted octanol–water partition coefficient (Wildman–Crippen LogP) is 3.52. The summed E-state index contributed by atoms with van der Waals surface area (Å²) in [5.41, 5.74) is 2.24. The van der Waals surface area contributed by atoms with Crippen LogP contribution in [0.3, 0.4) is 0 Å². The summed E-state index contributed by atoms with van der Waals surface area (Å²) in [6.07, 6.45) is 6.48. The molecule has 0 unspecified atom stereocenters. The van der Waals surface area contributed by atoms with Gasteiger partial charge in [-0.3, -0.25) is 4.68 Å². The van der Waals surface area contributed by atoms with Gasteiger partial charge in [-0.05, 0) is 31.2 Å². The molecule has 0 spiro atoms. The molecule has 2 aromatic rings. The van der Waals surface area contributed by atoms with E-state index in [0.29, 0.717) is 12.5 Å². The molecule has 6 nitrogen and oxygen atoms in total. The number of ether oxygens (including phenoxy) is 1. The van der Waals surface area contributed by atoms with Crippen LogP contribution in [0.4, 0.5) is 5.82 Å². The number of piperidine rings is 1. The topological polar surface area (TPSA) is 56.1 Å².